The Morgan fingerprint density at radius 2 is 2.09 bits per heavy atom. The van der Waals surface area contributed by atoms with Crippen LogP contribution < -0.4 is 5.32 Å². The van der Waals surface area contributed by atoms with Crippen LogP contribution in [0.15, 0.2) is 28.8 Å². The highest BCUT2D eigenvalue weighted by Gasteiger charge is 2.26. The highest BCUT2D eigenvalue weighted by molar-refractivity contribution is 5.93. The molecule has 0 saturated carbocycles. The van der Waals surface area contributed by atoms with Gasteiger partial charge in [-0.05, 0) is 36.8 Å². The molecule has 5 nitrogen and oxygen atoms in total. The van der Waals surface area contributed by atoms with E-state index in [9.17, 15) is 4.79 Å². The van der Waals surface area contributed by atoms with Crippen LogP contribution in [0, 0.1) is 0 Å². The highest BCUT2D eigenvalue weighted by Crippen LogP contribution is 2.27. The molecule has 0 saturated heterocycles. The number of amides is 1. The lowest BCUT2D eigenvalue weighted by Gasteiger charge is -2.26. The number of hydrogen-bond donors (Lipinski definition) is 1. The second-order valence-corrected chi connectivity index (χ2v) is 6.16. The molecule has 2 aliphatic rings. The summed E-state index contributed by atoms with van der Waals surface area (Å²) in [6, 6.07) is 8.25. The number of carbonyl (C=O) groups excluding carboxylic acids is 1. The SMILES string of the molecule is O=C(NC[C@H]1OCCc2ccccc21)c1noc2c1CCCC2. The van der Waals surface area contributed by atoms with Gasteiger partial charge in [0.1, 0.15) is 11.9 Å². The van der Waals surface area contributed by atoms with Crippen molar-refractivity contribution in [2.45, 2.75) is 38.2 Å². The van der Waals surface area contributed by atoms with Gasteiger partial charge in [0.2, 0.25) is 0 Å². The molecule has 1 aromatic heterocycles. The number of fused-ring (bicyclic) bond motifs is 2. The summed E-state index contributed by atoms with van der Waals surface area (Å²) in [5.74, 6) is 0.712. The van der Waals surface area contributed by atoms with Gasteiger partial charge in [0, 0.05) is 18.5 Å². The first-order valence-electron chi connectivity index (χ1n) is 8.28. The smallest absolute Gasteiger partial charge is 0.273 e. The molecule has 1 atom stereocenters. The van der Waals surface area contributed by atoms with Gasteiger partial charge in [0.15, 0.2) is 5.69 Å². The fourth-order valence-electron chi connectivity index (χ4n) is 3.48. The normalized spacial score (nSPS) is 19.7. The standard InChI is InChI=1S/C18H20N2O3/c21-18(17-14-7-3-4-8-15(14)23-20-17)19-11-16-13-6-2-1-5-12(13)9-10-22-16/h1-2,5-6,16H,3-4,7-11H2,(H,19,21)/t16-/m1/s1. The zero-order valence-electron chi connectivity index (χ0n) is 13.0. The first kappa shape index (κ1) is 14.5. The molecule has 0 fully saturated rings. The average molecular weight is 312 g/mol. The number of rotatable bonds is 3. The summed E-state index contributed by atoms with van der Waals surface area (Å²) in [5, 5.41) is 6.94. The number of carbonyl (C=O) groups is 1. The van der Waals surface area contributed by atoms with Crippen LogP contribution in [-0.2, 0) is 24.0 Å². The van der Waals surface area contributed by atoms with E-state index >= 15 is 0 Å². The third-order valence-electron chi connectivity index (χ3n) is 4.71. The van der Waals surface area contributed by atoms with Crippen molar-refractivity contribution < 1.29 is 14.1 Å². The number of aromatic nitrogens is 1. The van der Waals surface area contributed by atoms with E-state index in [4.69, 9.17) is 9.26 Å². The van der Waals surface area contributed by atoms with E-state index in [0.29, 0.717) is 18.8 Å². The van der Waals surface area contributed by atoms with Gasteiger partial charge >= 0.3 is 0 Å². The number of ether oxygens (including phenoxy) is 1. The number of nitrogens with one attached hydrogen (secondary N) is 1. The number of nitrogens with zero attached hydrogens (tertiary/aromatic N) is 1. The van der Waals surface area contributed by atoms with Gasteiger partial charge in [0.25, 0.3) is 5.91 Å². The number of aryl methyl sites for hydroxylation is 1. The Kier molecular flexibility index (Phi) is 3.87. The Balaban J connectivity index is 1.46. The molecular formula is C18H20N2O3. The van der Waals surface area contributed by atoms with Gasteiger partial charge < -0.3 is 14.6 Å². The third-order valence-corrected chi connectivity index (χ3v) is 4.71. The van der Waals surface area contributed by atoms with Crippen LogP contribution in [0.3, 0.4) is 0 Å². The first-order valence-corrected chi connectivity index (χ1v) is 8.28. The fourth-order valence-corrected chi connectivity index (χ4v) is 3.48. The first-order chi connectivity index (χ1) is 11.3. The van der Waals surface area contributed by atoms with Crippen molar-refractivity contribution >= 4 is 5.91 Å². The molecule has 0 radical (unpaired) electrons. The molecule has 120 valence electrons. The summed E-state index contributed by atoms with van der Waals surface area (Å²) in [7, 11) is 0. The average Bonchev–Trinajstić information content (AvgIpc) is 3.04. The van der Waals surface area contributed by atoms with Crippen LogP contribution in [0.5, 0.6) is 0 Å². The predicted molar refractivity (Wildman–Crippen MR) is 84.3 cm³/mol. The molecule has 4 rings (SSSR count). The summed E-state index contributed by atoms with van der Waals surface area (Å²) < 4.78 is 11.1. The van der Waals surface area contributed by atoms with Crippen LogP contribution in [0.1, 0.15) is 51.9 Å². The van der Waals surface area contributed by atoms with Crippen molar-refractivity contribution in [3.05, 3.63) is 52.4 Å². The summed E-state index contributed by atoms with van der Waals surface area (Å²) in [5.41, 5.74) is 3.90. The predicted octanol–water partition coefficient (Wildman–Crippen LogP) is 2.60. The summed E-state index contributed by atoms with van der Waals surface area (Å²) in [6.45, 7) is 1.15. The zero-order valence-corrected chi connectivity index (χ0v) is 13.0. The summed E-state index contributed by atoms with van der Waals surface area (Å²) in [6.07, 6.45) is 4.80. The van der Waals surface area contributed by atoms with E-state index in [0.717, 1.165) is 43.4 Å². The monoisotopic (exact) mass is 312 g/mol. The Bertz CT molecular complexity index is 723. The Morgan fingerprint density at radius 1 is 1.22 bits per heavy atom. The zero-order chi connectivity index (χ0) is 15.6. The molecule has 0 unspecified atom stereocenters. The van der Waals surface area contributed by atoms with Gasteiger partial charge in [-0.25, -0.2) is 0 Å². The molecule has 1 aromatic carbocycles. The summed E-state index contributed by atoms with van der Waals surface area (Å²) >= 11 is 0. The topological polar surface area (TPSA) is 64.4 Å². The molecule has 1 aliphatic carbocycles. The molecule has 1 aliphatic heterocycles. The van der Waals surface area contributed by atoms with Crippen molar-refractivity contribution in [2.24, 2.45) is 0 Å². The van der Waals surface area contributed by atoms with Gasteiger partial charge in [0.05, 0.1) is 6.61 Å². The molecule has 1 amide bonds. The molecule has 2 aromatic rings. The molecular weight excluding hydrogens is 292 g/mol. The maximum absolute atomic E-state index is 12.4. The van der Waals surface area contributed by atoms with Crippen LogP contribution in [0.2, 0.25) is 0 Å². The lowest BCUT2D eigenvalue weighted by Crippen LogP contribution is -2.32. The fraction of sp³-hybridized carbons (Fsp3) is 0.444. The lowest BCUT2D eigenvalue weighted by atomic mass is 9.96. The van der Waals surface area contributed by atoms with Gasteiger partial charge in [-0.1, -0.05) is 29.4 Å². The highest BCUT2D eigenvalue weighted by atomic mass is 16.5. The summed E-state index contributed by atoms with van der Waals surface area (Å²) in [4.78, 5) is 12.4. The van der Waals surface area contributed by atoms with Crippen molar-refractivity contribution in [3.63, 3.8) is 0 Å². The Morgan fingerprint density at radius 3 is 3.04 bits per heavy atom. The van der Waals surface area contributed by atoms with Crippen molar-refractivity contribution in [1.82, 2.24) is 10.5 Å². The second kappa shape index (κ2) is 6.16. The molecule has 2 heterocycles. The Labute approximate surface area is 135 Å². The van der Waals surface area contributed by atoms with Crippen LogP contribution in [0.25, 0.3) is 0 Å². The van der Waals surface area contributed by atoms with Crippen molar-refractivity contribution in [3.8, 4) is 0 Å². The lowest BCUT2D eigenvalue weighted by molar-refractivity contribution is 0.0410. The quantitative estimate of drug-likeness (QED) is 0.946. The number of benzene rings is 1. The van der Waals surface area contributed by atoms with E-state index in [1.807, 2.05) is 12.1 Å². The van der Waals surface area contributed by atoms with E-state index in [-0.39, 0.29) is 12.0 Å². The van der Waals surface area contributed by atoms with Crippen molar-refractivity contribution in [1.29, 1.82) is 0 Å². The van der Waals surface area contributed by atoms with Gasteiger partial charge in [-0.2, -0.15) is 0 Å². The van der Waals surface area contributed by atoms with Crippen LogP contribution >= 0.6 is 0 Å². The second-order valence-electron chi connectivity index (χ2n) is 6.16. The maximum Gasteiger partial charge on any atom is 0.273 e. The minimum Gasteiger partial charge on any atom is -0.371 e. The van der Waals surface area contributed by atoms with Crippen LogP contribution in [-0.4, -0.2) is 24.2 Å². The third kappa shape index (κ3) is 2.77. The van der Waals surface area contributed by atoms with Crippen molar-refractivity contribution in [2.75, 3.05) is 13.2 Å². The number of hydrogen-bond acceptors (Lipinski definition) is 4. The van der Waals surface area contributed by atoms with Crippen LogP contribution in [0.4, 0.5) is 0 Å². The Hall–Kier alpha value is -2.14. The minimum atomic E-state index is -0.163. The molecule has 0 bridgehead atoms. The molecule has 1 N–H and O–H groups in total. The minimum absolute atomic E-state index is 0.0911. The largest absolute Gasteiger partial charge is 0.371 e. The van der Waals surface area contributed by atoms with Gasteiger partial charge in [-0.3, -0.25) is 4.79 Å². The molecule has 23 heavy (non-hydrogen) atoms. The molecule has 0 spiro atoms. The maximum atomic E-state index is 12.4. The van der Waals surface area contributed by atoms with Gasteiger partial charge in [-0.15, -0.1) is 0 Å². The van der Waals surface area contributed by atoms with E-state index < -0.39 is 0 Å². The molecule has 5 heteroatoms. The van der Waals surface area contributed by atoms with E-state index in [1.165, 1.54) is 11.1 Å². The van der Waals surface area contributed by atoms with E-state index in [2.05, 4.69) is 22.6 Å². The van der Waals surface area contributed by atoms with E-state index in [1.54, 1.807) is 0 Å².